The summed E-state index contributed by atoms with van der Waals surface area (Å²) in [6.07, 6.45) is -4.46. The third-order valence-corrected chi connectivity index (χ3v) is 3.64. The van der Waals surface area contributed by atoms with Crippen LogP contribution in [-0.4, -0.2) is 16.7 Å². The first-order valence-electron chi connectivity index (χ1n) is 6.69. The van der Waals surface area contributed by atoms with Gasteiger partial charge in [-0.15, -0.1) is 0 Å². The van der Waals surface area contributed by atoms with Crippen LogP contribution in [-0.2, 0) is 6.18 Å². The number of nitrogens with zero attached hydrogens (tertiary/aromatic N) is 1. The zero-order chi connectivity index (χ0) is 17.9. The van der Waals surface area contributed by atoms with E-state index in [1.165, 1.54) is 6.07 Å². The van der Waals surface area contributed by atoms with Crippen LogP contribution >= 0.6 is 15.9 Å². The number of phenolic OH excluding ortho intramolecular Hbond substituents is 1. The molecule has 2 aromatic carbocycles. The fourth-order valence-electron chi connectivity index (χ4n) is 1.87. The molecule has 0 aromatic heterocycles. The quantitative estimate of drug-likeness (QED) is 0.594. The molecular formula is C16H12BrF3N2O2. The van der Waals surface area contributed by atoms with E-state index >= 15 is 0 Å². The maximum Gasteiger partial charge on any atom is 0.416 e. The molecule has 0 bridgehead atoms. The van der Waals surface area contributed by atoms with Gasteiger partial charge in [-0.25, -0.2) is 5.43 Å². The van der Waals surface area contributed by atoms with E-state index in [2.05, 4.69) is 26.5 Å². The molecule has 0 heterocycles. The van der Waals surface area contributed by atoms with E-state index in [0.29, 0.717) is 11.3 Å². The van der Waals surface area contributed by atoms with E-state index in [-0.39, 0.29) is 11.3 Å². The largest absolute Gasteiger partial charge is 0.507 e. The van der Waals surface area contributed by atoms with Gasteiger partial charge in [0, 0.05) is 15.6 Å². The number of hydrogen-bond acceptors (Lipinski definition) is 3. The van der Waals surface area contributed by atoms with Crippen LogP contribution < -0.4 is 5.43 Å². The zero-order valence-electron chi connectivity index (χ0n) is 12.4. The predicted octanol–water partition coefficient (Wildman–Crippen LogP) is 4.33. The van der Waals surface area contributed by atoms with Gasteiger partial charge in [-0.2, -0.15) is 18.3 Å². The molecule has 126 valence electrons. The zero-order valence-corrected chi connectivity index (χ0v) is 13.9. The molecule has 24 heavy (non-hydrogen) atoms. The van der Waals surface area contributed by atoms with Crippen molar-refractivity contribution in [2.75, 3.05) is 0 Å². The number of amides is 1. The van der Waals surface area contributed by atoms with Crippen molar-refractivity contribution in [3.05, 3.63) is 63.6 Å². The van der Waals surface area contributed by atoms with E-state index in [4.69, 9.17) is 0 Å². The van der Waals surface area contributed by atoms with Gasteiger partial charge in [-0.1, -0.05) is 15.9 Å². The van der Waals surface area contributed by atoms with Crippen LogP contribution in [0.15, 0.2) is 52.0 Å². The summed E-state index contributed by atoms with van der Waals surface area (Å²) in [6.45, 7) is 1.58. The summed E-state index contributed by atoms with van der Waals surface area (Å²) >= 11 is 3.26. The average Bonchev–Trinajstić information content (AvgIpc) is 2.53. The molecule has 0 fully saturated rings. The first-order chi connectivity index (χ1) is 11.2. The molecule has 0 radical (unpaired) electrons. The molecule has 0 spiro atoms. The smallest absolute Gasteiger partial charge is 0.416 e. The van der Waals surface area contributed by atoms with Gasteiger partial charge in [0.2, 0.25) is 0 Å². The number of nitrogens with one attached hydrogen (secondary N) is 1. The molecule has 2 N–H and O–H groups in total. The van der Waals surface area contributed by atoms with E-state index in [9.17, 15) is 23.1 Å². The van der Waals surface area contributed by atoms with Gasteiger partial charge in [-0.3, -0.25) is 4.79 Å². The fourth-order valence-corrected chi connectivity index (χ4v) is 2.23. The first-order valence-corrected chi connectivity index (χ1v) is 7.48. The topological polar surface area (TPSA) is 61.7 Å². The Morgan fingerprint density at radius 1 is 1.17 bits per heavy atom. The van der Waals surface area contributed by atoms with Gasteiger partial charge in [-0.05, 0) is 49.4 Å². The Bertz CT molecular complexity index is 787. The molecule has 0 aliphatic rings. The van der Waals surface area contributed by atoms with Crippen molar-refractivity contribution < 1.29 is 23.1 Å². The Morgan fingerprint density at radius 3 is 2.38 bits per heavy atom. The second kappa shape index (κ2) is 7.04. The molecule has 1 amide bonds. The van der Waals surface area contributed by atoms with Crippen molar-refractivity contribution in [1.29, 1.82) is 0 Å². The van der Waals surface area contributed by atoms with Gasteiger partial charge >= 0.3 is 6.18 Å². The Morgan fingerprint density at radius 2 is 1.79 bits per heavy atom. The minimum absolute atomic E-state index is 0.0109. The van der Waals surface area contributed by atoms with Crippen molar-refractivity contribution in [1.82, 2.24) is 5.43 Å². The SMILES string of the molecule is C/C(=N\NC(=O)c1ccc(C(F)(F)F)cc1)c1cc(Br)ccc1O. The van der Waals surface area contributed by atoms with Gasteiger partial charge in [0.1, 0.15) is 5.75 Å². The summed E-state index contributed by atoms with van der Waals surface area (Å²) in [5.74, 6) is -0.666. The molecule has 0 unspecified atom stereocenters. The Balaban J connectivity index is 2.13. The molecule has 0 aliphatic heterocycles. The fraction of sp³-hybridized carbons (Fsp3) is 0.125. The number of hydrazone groups is 1. The number of carbonyl (C=O) groups is 1. The summed E-state index contributed by atoms with van der Waals surface area (Å²) in [4.78, 5) is 11.9. The number of halogens is 4. The van der Waals surface area contributed by atoms with Crippen LogP contribution in [0.3, 0.4) is 0 Å². The van der Waals surface area contributed by atoms with Crippen LogP contribution in [0, 0.1) is 0 Å². The van der Waals surface area contributed by atoms with Gasteiger partial charge in [0.15, 0.2) is 0 Å². The van der Waals surface area contributed by atoms with E-state index in [1.54, 1.807) is 19.1 Å². The maximum absolute atomic E-state index is 12.5. The highest BCUT2D eigenvalue weighted by Crippen LogP contribution is 2.29. The average molecular weight is 401 g/mol. The van der Waals surface area contributed by atoms with Crippen molar-refractivity contribution >= 4 is 27.5 Å². The van der Waals surface area contributed by atoms with Gasteiger partial charge in [0.25, 0.3) is 5.91 Å². The summed E-state index contributed by atoms with van der Waals surface area (Å²) in [5, 5.41) is 13.6. The highest BCUT2D eigenvalue weighted by atomic mass is 79.9. The van der Waals surface area contributed by atoms with Gasteiger partial charge < -0.3 is 5.11 Å². The highest BCUT2D eigenvalue weighted by Gasteiger charge is 2.30. The normalized spacial score (nSPS) is 12.1. The lowest BCUT2D eigenvalue weighted by atomic mass is 10.1. The molecule has 0 saturated heterocycles. The number of rotatable bonds is 3. The van der Waals surface area contributed by atoms with Crippen LogP contribution in [0.1, 0.15) is 28.4 Å². The molecular weight excluding hydrogens is 389 g/mol. The number of carbonyl (C=O) groups excluding carboxylic acids is 1. The number of phenols is 1. The van der Waals surface area contributed by atoms with Crippen LogP contribution in [0.5, 0.6) is 5.75 Å². The van der Waals surface area contributed by atoms with Crippen molar-refractivity contribution in [2.45, 2.75) is 13.1 Å². The second-order valence-electron chi connectivity index (χ2n) is 4.87. The van der Waals surface area contributed by atoms with Crippen LogP contribution in [0.2, 0.25) is 0 Å². The summed E-state index contributed by atoms with van der Waals surface area (Å²) < 4.78 is 38.2. The lowest BCUT2D eigenvalue weighted by molar-refractivity contribution is -0.137. The monoisotopic (exact) mass is 400 g/mol. The molecule has 4 nitrogen and oxygen atoms in total. The highest BCUT2D eigenvalue weighted by molar-refractivity contribution is 9.10. The number of benzene rings is 2. The first kappa shape index (κ1) is 18.0. The molecule has 2 rings (SSSR count). The minimum Gasteiger partial charge on any atom is -0.507 e. The standard InChI is InChI=1S/C16H12BrF3N2O2/c1-9(13-8-12(17)6-7-14(13)23)21-22-15(24)10-2-4-11(5-3-10)16(18,19)20/h2-8,23H,1H3,(H,22,24)/b21-9+. The van der Waals surface area contributed by atoms with Gasteiger partial charge in [0.05, 0.1) is 11.3 Å². The molecule has 0 saturated carbocycles. The molecule has 8 heteroatoms. The van der Waals surface area contributed by atoms with Crippen LogP contribution in [0.4, 0.5) is 13.2 Å². The summed E-state index contributed by atoms with van der Waals surface area (Å²) in [7, 11) is 0. The van der Waals surface area contributed by atoms with E-state index in [0.717, 1.165) is 28.7 Å². The third-order valence-electron chi connectivity index (χ3n) is 3.15. The van der Waals surface area contributed by atoms with Crippen LogP contribution in [0.25, 0.3) is 0 Å². The van der Waals surface area contributed by atoms with E-state index < -0.39 is 17.6 Å². The third kappa shape index (κ3) is 4.35. The maximum atomic E-state index is 12.5. The molecule has 0 atom stereocenters. The predicted molar refractivity (Wildman–Crippen MR) is 86.9 cm³/mol. The summed E-state index contributed by atoms with van der Waals surface area (Å²) in [6, 6.07) is 8.53. The lowest BCUT2D eigenvalue weighted by Crippen LogP contribution is -2.19. The van der Waals surface area contributed by atoms with Crippen molar-refractivity contribution in [3.63, 3.8) is 0 Å². The van der Waals surface area contributed by atoms with Crippen molar-refractivity contribution in [3.8, 4) is 5.75 Å². The lowest BCUT2D eigenvalue weighted by Gasteiger charge is -2.08. The molecule has 0 aliphatic carbocycles. The van der Waals surface area contributed by atoms with E-state index in [1.807, 2.05) is 0 Å². The number of hydrogen-bond donors (Lipinski definition) is 2. The second-order valence-corrected chi connectivity index (χ2v) is 5.79. The number of aromatic hydroxyl groups is 1. The Kier molecular flexibility index (Phi) is 5.28. The Labute approximate surface area is 144 Å². The minimum atomic E-state index is -4.46. The number of alkyl halides is 3. The van der Waals surface area contributed by atoms with Crippen molar-refractivity contribution in [2.24, 2.45) is 5.10 Å². The Hall–Kier alpha value is -2.35. The molecule has 2 aromatic rings. The summed E-state index contributed by atoms with van der Waals surface area (Å²) in [5.41, 5.74) is 2.20.